The summed E-state index contributed by atoms with van der Waals surface area (Å²) in [7, 11) is 4.06. The van der Waals surface area contributed by atoms with E-state index in [9.17, 15) is 0 Å². The van der Waals surface area contributed by atoms with Crippen molar-refractivity contribution in [3.63, 3.8) is 0 Å². The van der Waals surface area contributed by atoms with Crippen LogP contribution in [0.15, 0.2) is 24.5 Å². The summed E-state index contributed by atoms with van der Waals surface area (Å²) in [5.74, 6) is 0. The molecule has 0 fully saturated rings. The third-order valence-electron chi connectivity index (χ3n) is 2.24. The average Bonchev–Trinajstić information content (AvgIpc) is 2.19. The van der Waals surface area contributed by atoms with E-state index in [4.69, 9.17) is 5.26 Å². The Bertz CT molecular complexity index is 300. The summed E-state index contributed by atoms with van der Waals surface area (Å²) >= 11 is 0. The van der Waals surface area contributed by atoms with Crippen LogP contribution in [0, 0.1) is 11.3 Å². The van der Waals surface area contributed by atoms with Gasteiger partial charge >= 0.3 is 0 Å². The number of hydrogen-bond acceptors (Lipinski definition) is 3. The van der Waals surface area contributed by atoms with Crippen molar-refractivity contribution in [3.05, 3.63) is 30.1 Å². The van der Waals surface area contributed by atoms with Gasteiger partial charge in [-0.05, 0) is 38.2 Å². The van der Waals surface area contributed by atoms with Crippen LogP contribution in [0.3, 0.4) is 0 Å². The van der Waals surface area contributed by atoms with Crippen LogP contribution in [0.4, 0.5) is 0 Å². The largest absolute Gasteiger partial charge is 0.302 e. The highest BCUT2D eigenvalue weighted by atomic mass is 15.1. The molecule has 74 valence electrons. The van der Waals surface area contributed by atoms with E-state index >= 15 is 0 Å². The Hall–Kier alpha value is -1.40. The molecule has 0 aliphatic rings. The fourth-order valence-corrected chi connectivity index (χ4v) is 1.51. The van der Waals surface area contributed by atoms with Crippen molar-refractivity contribution in [3.8, 4) is 6.07 Å². The molecule has 3 heteroatoms. The van der Waals surface area contributed by atoms with Crippen LogP contribution >= 0.6 is 0 Å². The molecule has 1 rings (SSSR count). The van der Waals surface area contributed by atoms with E-state index in [1.165, 1.54) is 5.56 Å². The maximum atomic E-state index is 8.56. The summed E-state index contributed by atoms with van der Waals surface area (Å²) in [6.45, 7) is 0. The van der Waals surface area contributed by atoms with E-state index in [-0.39, 0.29) is 0 Å². The van der Waals surface area contributed by atoms with Gasteiger partial charge in [0.15, 0.2) is 0 Å². The molecule has 1 atom stereocenters. The van der Waals surface area contributed by atoms with Gasteiger partial charge in [-0.15, -0.1) is 0 Å². The smallest absolute Gasteiger partial charge is 0.0622 e. The number of rotatable bonds is 4. The number of hydrogen-bond donors (Lipinski definition) is 0. The van der Waals surface area contributed by atoms with Crippen LogP contribution in [-0.2, 0) is 0 Å². The van der Waals surface area contributed by atoms with Crippen LogP contribution in [0.5, 0.6) is 0 Å². The molecular weight excluding hydrogens is 174 g/mol. The minimum Gasteiger partial charge on any atom is -0.302 e. The molecule has 0 spiro atoms. The second kappa shape index (κ2) is 5.36. The molecule has 0 bridgehead atoms. The molecule has 0 aromatic carbocycles. The summed E-state index contributed by atoms with van der Waals surface area (Å²) in [5.41, 5.74) is 1.22. The highest BCUT2D eigenvalue weighted by molar-refractivity contribution is 5.15. The molecule has 1 unspecified atom stereocenters. The Kier molecular flexibility index (Phi) is 4.09. The Morgan fingerprint density at radius 2 is 2.07 bits per heavy atom. The summed E-state index contributed by atoms with van der Waals surface area (Å²) in [6.07, 6.45) is 5.04. The average molecular weight is 189 g/mol. The quantitative estimate of drug-likeness (QED) is 0.727. The fraction of sp³-hybridized carbons (Fsp3) is 0.455. The first kappa shape index (κ1) is 10.7. The molecule has 1 heterocycles. The minimum atomic E-state index is 0.317. The van der Waals surface area contributed by atoms with Crippen molar-refractivity contribution in [1.29, 1.82) is 5.26 Å². The molecule has 0 aliphatic carbocycles. The number of pyridine rings is 1. The summed E-state index contributed by atoms with van der Waals surface area (Å²) in [5, 5.41) is 8.56. The highest BCUT2D eigenvalue weighted by Crippen LogP contribution is 2.22. The first-order valence-corrected chi connectivity index (χ1v) is 4.69. The lowest BCUT2D eigenvalue weighted by molar-refractivity contribution is 0.286. The van der Waals surface area contributed by atoms with Crippen LogP contribution in [0.25, 0.3) is 0 Å². The molecule has 0 saturated carbocycles. The van der Waals surface area contributed by atoms with E-state index < -0.39 is 0 Å². The van der Waals surface area contributed by atoms with Gasteiger partial charge in [-0.3, -0.25) is 4.98 Å². The van der Waals surface area contributed by atoms with Gasteiger partial charge in [0.1, 0.15) is 0 Å². The van der Waals surface area contributed by atoms with Gasteiger partial charge in [0.2, 0.25) is 0 Å². The molecule has 3 nitrogen and oxygen atoms in total. The Morgan fingerprint density at radius 1 is 1.43 bits per heavy atom. The number of nitrogens with zero attached hydrogens (tertiary/aromatic N) is 3. The predicted molar refractivity (Wildman–Crippen MR) is 55.5 cm³/mol. The Morgan fingerprint density at radius 3 is 2.57 bits per heavy atom. The maximum Gasteiger partial charge on any atom is 0.0622 e. The first-order chi connectivity index (χ1) is 6.75. The molecule has 1 aromatic rings. The fourth-order valence-electron chi connectivity index (χ4n) is 1.51. The summed E-state index contributed by atoms with van der Waals surface area (Å²) in [4.78, 5) is 6.12. The Labute approximate surface area is 85.0 Å². The second-order valence-electron chi connectivity index (χ2n) is 3.46. The van der Waals surface area contributed by atoms with Crippen LogP contribution in [-0.4, -0.2) is 24.0 Å². The van der Waals surface area contributed by atoms with E-state index in [1.807, 2.05) is 26.2 Å². The van der Waals surface area contributed by atoms with Crippen LogP contribution in [0.2, 0.25) is 0 Å². The number of nitriles is 1. The van der Waals surface area contributed by atoms with E-state index in [0.717, 1.165) is 6.42 Å². The maximum absolute atomic E-state index is 8.56. The van der Waals surface area contributed by atoms with Gasteiger partial charge in [-0.2, -0.15) is 5.26 Å². The van der Waals surface area contributed by atoms with E-state index in [0.29, 0.717) is 12.5 Å². The Balaban J connectivity index is 2.74. The molecule has 0 radical (unpaired) electrons. The van der Waals surface area contributed by atoms with Gasteiger partial charge in [-0.25, -0.2) is 0 Å². The van der Waals surface area contributed by atoms with Gasteiger partial charge in [0.25, 0.3) is 0 Å². The molecule has 0 amide bonds. The summed E-state index contributed by atoms with van der Waals surface area (Å²) in [6, 6.07) is 6.50. The molecule has 0 N–H and O–H groups in total. The lowest BCUT2D eigenvalue weighted by Crippen LogP contribution is -2.19. The normalized spacial score (nSPS) is 12.4. The van der Waals surface area contributed by atoms with Gasteiger partial charge in [0.05, 0.1) is 6.07 Å². The van der Waals surface area contributed by atoms with E-state index in [1.54, 1.807) is 12.4 Å². The van der Waals surface area contributed by atoms with Crippen LogP contribution in [0.1, 0.15) is 24.4 Å². The minimum absolute atomic E-state index is 0.317. The zero-order valence-electron chi connectivity index (χ0n) is 8.64. The molecular formula is C11H15N3. The van der Waals surface area contributed by atoms with Crippen molar-refractivity contribution in [2.75, 3.05) is 14.1 Å². The monoisotopic (exact) mass is 189 g/mol. The van der Waals surface area contributed by atoms with Gasteiger partial charge in [-0.1, -0.05) is 0 Å². The third-order valence-corrected chi connectivity index (χ3v) is 2.24. The first-order valence-electron chi connectivity index (χ1n) is 4.69. The second-order valence-corrected chi connectivity index (χ2v) is 3.46. The lowest BCUT2D eigenvalue weighted by Gasteiger charge is -2.23. The highest BCUT2D eigenvalue weighted by Gasteiger charge is 2.12. The molecule has 14 heavy (non-hydrogen) atoms. The molecule has 1 aromatic heterocycles. The van der Waals surface area contributed by atoms with Gasteiger partial charge in [0, 0.05) is 24.9 Å². The molecule has 0 aliphatic heterocycles. The van der Waals surface area contributed by atoms with Crippen molar-refractivity contribution < 1.29 is 0 Å². The lowest BCUT2D eigenvalue weighted by atomic mass is 10.0. The third kappa shape index (κ3) is 2.82. The zero-order chi connectivity index (χ0) is 10.4. The zero-order valence-corrected chi connectivity index (χ0v) is 8.64. The standard InChI is InChI=1S/C11H15N3/c1-14(2)11(4-3-7-12)10-5-8-13-9-6-10/h5-6,8-9,11H,3-4H2,1-2H3. The van der Waals surface area contributed by atoms with Crippen molar-refractivity contribution in [2.45, 2.75) is 18.9 Å². The SMILES string of the molecule is CN(C)C(CCC#N)c1ccncc1. The van der Waals surface area contributed by atoms with Gasteiger partial charge < -0.3 is 4.90 Å². The van der Waals surface area contributed by atoms with Crippen LogP contribution < -0.4 is 0 Å². The number of aromatic nitrogens is 1. The van der Waals surface area contributed by atoms with Crippen molar-refractivity contribution in [2.24, 2.45) is 0 Å². The molecule has 0 saturated heterocycles. The summed E-state index contributed by atoms with van der Waals surface area (Å²) < 4.78 is 0. The topological polar surface area (TPSA) is 39.9 Å². The van der Waals surface area contributed by atoms with E-state index in [2.05, 4.69) is 16.0 Å². The predicted octanol–water partition coefficient (Wildman–Crippen LogP) is 1.99. The van der Waals surface area contributed by atoms with Crippen molar-refractivity contribution >= 4 is 0 Å². The van der Waals surface area contributed by atoms with Crippen molar-refractivity contribution in [1.82, 2.24) is 9.88 Å².